The second-order valence-corrected chi connectivity index (χ2v) is 8.38. The molecule has 1 unspecified atom stereocenters. The normalized spacial score (nSPS) is 30.4. The summed E-state index contributed by atoms with van der Waals surface area (Å²) < 4.78 is 0. The third-order valence-corrected chi connectivity index (χ3v) is 6.72. The third kappa shape index (κ3) is 2.97. The van der Waals surface area contributed by atoms with Crippen molar-refractivity contribution in [2.24, 2.45) is 0 Å². The predicted molar refractivity (Wildman–Crippen MR) is 105 cm³/mol. The molecule has 4 heteroatoms. The molecule has 1 N–H and O–H groups in total. The van der Waals surface area contributed by atoms with E-state index in [1.54, 1.807) is 0 Å². The van der Waals surface area contributed by atoms with Crippen LogP contribution in [0, 0.1) is 0 Å². The van der Waals surface area contributed by atoms with Crippen LogP contribution >= 0.6 is 0 Å². The molecular weight excluding hydrogens is 336 g/mol. The molecule has 4 nitrogen and oxygen atoms in total. The first-order valence-corrected chi connectivity index (χ1v) is 10.0. The second-order valence-electron chi connectivity index (χ2n) is 8.38. The summed E-state index contributed by atoms with van der Waals surface area (Å²) in [5.41, 5.74) is 2.96. The monoisotopic (exact) mass is 362 g/mol. The molecule has 3 aliphatic heterocycles. The topological polar surface area (TPSA) is 43.8 Å². The van der Waals surface area contributed by atoms with Gasteiger partial charge in [0.05, 0.1) is 18.2 Å². The van der Waals surface area contributed by atoms with E-state index in [1.807, 2.05) is 11.0 Å². The van der Waals surface area contributed by atoms with E-state index in [4.69, 9.17) is 0 Å². The molecular formula is C23H26N2O2. The highest BCUT2D eigenvalue weighted by Crippen LogP contribution is 2.44. The van der Waals surface area contributed by atoms with Crippen LogP contribution in [0.1, 0.15) is 31.2 Å². The van der Waals surface area contributed by atoms with E-state index in [0.717, 1.165) is 38.8 Å². The molecule has 0 aromatic heterocycles. The Kier molecular flexibility index (Phi) is 4.06. The summed E-state index contributed by atoms with van der Waals surface area (Å²) in [7, 11) is 0. The van der Waals surface area contributed by atoms with E-state index in [0.29, 0.717) is 12.6 Å². The quantitative estimate of drug-likeness (QED) is 0.913. The number of rotatable bonds is 3. The number of amides is 1. The zero-order valence-electron chi connectivity index (χ0n) is 15.6. The molecule has 3 saturated heterocycles. The maximum absolute atomic E-state index is 12.8. The molecule has 27 heavy (non-hydrogen) atoms. The van der Waals surface area contributed by atoms with Gasteiger partial charge in [-0.25, -0.2) is 0 Å². The first kappa shape index (κ1) is 17.0. The lowest BCUT2D eigenvalue weighted by atomic mass is 9.70. The number of carbonyl (C=O) groups is 1. The summed E-state index contributed by atoms with van der Waals surface area (Å²) in [5, 5.41) is 11.1. The summed E-state index contributed by atoms with van der Waals surface area (Å²) in [5.74, 6) is 0.190. The van der Waals surface area contributed by atoms with Crippen LogP contribution in [0.25, 0.3) is 11.1 Å². The average Bonchev–Trinajstić information content (AvgIpc) is 2.70. The minimum Gasteiger partial charge on any atom is -0.388 e. The molecule has 0 radical (unpaired) electrons. The van der Waals surface area contributed by atoms with Gasteiger partial charge in [-0.2, -0.15) is 0 Å². The van der Waals surface area contributed by atoms with E-state index in [9.17, 15) is 9.90 Å². The van der Waals surface area contributed by atoms with Crippen LogP contribution in [-0.2, 0) is 11.3 Å². The number of hydrogen-bond acceptors (Lipinski definition) is 3. The lowest BCUT2D eigenvalue weighted by Gasteiger charge is -2.59. The molecule has 2 aromatic carbocycles. The highest BCUT2D eigenvalue weighted by molar-refractivity contribution is 5.80. The van der Waals surface area contributed by atoms with Crippen LogP contribution in [0.2, 0.25) is 0 Å². The molecule has 1 aliphatic carbocycles. The summed E-state index contributed by atoms with van der Waals surface area (Å²) in [6.45, 7) is 1.99. The van der Waals surface area contributed by atoms with Crippen LogP contribution < -0.4 is 0 Å². The van der Waals surface area contributed by atoms with Crippen molar-refractivity contribution in [3.05, 3.63) is 60.2 Å². The van der Waals surface area contributed by atoms with Crippen LogP contribution in [0.4, 0.5) is 0 Å². The summed E-state index contributed by atoms with van der Waals surface area (Å²) in [6, 6.07) is 19.3. The lowest BCUT2D eigenvalue weighted by molar-refractivity contribution is -0.184. The average molecular weight is 362 g/mol. The van der Waals surface area contributed by atoms with Gasteiger partial charge in [-0.1, -0.05) is 54.6 Å². The van der Waals surface area contributed by atoms with Crippen LogP contribution in [0.3, 0.4) is 0 Å². The number of piperazine rings is 1. The smallest absolute Gasteiger partial charge is 0.237 e. The second kappa shape index (κ2) is 6.47. The molecule has 1 atom stereocenters. The standard InChI is InChI=1S/C23H26N2O2/c26-22-16-24(15-21-23(27)12-10-20(11-13-23)25(21)22)14-17-6-8-19(9-7-17)18-4-2-1-3-5-18/h1-9,20-21,27H,10-16H2. The Morgan fingerprint density at radius 3 is 2.33 bits per heavy atom. The van der Waals surface area contributed by atoms with Crippen LogP contribution in [0.5, 0.6) is 0 Å². The van der Waals surface area contributed by atoms with Gasteiger partial charge in [0.25, 0.3) is 0 Å². The zero-order valence-corrected chi connectivity index (χ0v) is 15.6. The Labute approximate surface area is 160 Å². The SMILES string of the molecule is O=C1CN(Cc2ccc(-c3ccccc3)cc2)CC2N1C1CCC2(O)CC1. The number of aliphatic hydroxyl groups is 1. The molecule has 140 valence electrons. The van der Waals surface area contributed by atoms with Crippen molar-refractivity contribution in [2.75, 3.05) is 13.1 Å². The number of piperidine rings is 2. The number of hydrogen-bond donors (Lipinski definition) is 1. The van der Waals surface area contributed by atoms with Crippen molar-refractivity contribution in [2.45, 2.75) is 49.9 Å². The fourth-order valence-electron chi connectivity index (χ4n) is 5.26. The molecule has 3 heterocycles. The van der Waals surface area contributed by atoms with Gasteiger partial charge in [0, 0.05) is 19.1 Å². The summed E-state index contributed by atoms with van der Waals surface area (Å²) in [4.78, 5) is 17.0. The highest BCUT2D eigenvalue weighted by Gasteiger charge is 2.54. The fraction of sp³-hybridized carbons (Fsp3) is 0.435. The maximum Gasteiger partial charge on any atom is 0.237 e. The van der Waals surface area contributed by atoms with Gasteiger partial charge in [0.1, 0.15) is 0 Å². The Balaban J connectivity index is 1.31. The predicted octanol–water partition coefficient (Wildman–Crippen LogP) is 3.05. The van der Waals surface area contributed by atoms with Gasteiger partial charge in [0.15, 0.2) is 0 Å². The molecule has 1 saturated carbocycles. The minimum absolute atomic E-state index is 0.0326. The first-order valence-electron chi connectivity index (χ1n) is 10.0. The summed E-state index contributed by atoms with van der Waals surface area (Å²) >= 11 is 0. The van der Waals surface area contributed by atoms with E-state index >= 15 is 0 Å². The minimum atomic E-state index is -0.680. The van der Waals surface area contributed by atoms with Gasteiger partial charge in [-0.3, -0.25) is 9.69 Å². The Morgan fingerprint density at radius 2 is 1.63 bits per heavy atom. The largest absolute Gasteiger partial charge is 0.388 e. The zero-order chi connectivity index (χ0) is 18.4. The Morgan fingerprint density at radius 1 is 0.963 bits per heavy atom. The molecule has 2 aromatic rings. The van der Waals surface area contributed by atoms with E-state index in [-0.39, 0.29) is 11.9 Å². The van der Waals surface area contributed by atoms with Gasteiger partial charge in [0.2, 0.25) is 5.91 Å². The molecule has 6 rings (SSSR count). The van der Waals surface area contributed by atoms with Crippen molar-refractivity contribution < 1.29 is 9.90 Å². The molecule has 2 bridgehead atoms. The van der Waals surface area contributed by atoms with Gasteiger partial charge >= 0.3 is 0 Å². The molecule has 1 amide bonds. The van der Waals surface area contributed by atoms with E-state index in [2.05, 4.69) is 53.4 Å². The fourth-order valence-corrected chi connectivity index (χ4v) is 5.26. The Hall–Kier alpha value is -2.17. The van der Waals surface area contributed by atoms with Gasteiger partial charge < -0.3 is 10.0 Å². The van der Waals surface area contributed by atoms with Crippen LogP contribution in [0.15, 0.2) is 54.6 Å². The van der Waals surface area contributed by atoms with E-state index < -0.39 is 5.60 Å². The van der Waals surface area contributed by atoms with Crippen molar-refractivity contribution in [3.63, 3.8) is 0 Å². The molecule has 4 aliphatic rings. The van der Waals surface area contributed by atoms with Crippen molar-refractivity contribution in [3.8, 4) is 11.1 Å². The first-order chi connectivity index (χ1) is 13.1. The van der Waals surface area contributed by atoms with Gasteiger partial charge in [-0.05, 0) is 42.4 Å². The van der Waals surface area contributed by atoms with Gasteiger partial charge in [-0.15, -0.1) is 0 Å². The van der Waals surface area contributed by atoms with E-state index in [1.165, 1.54) is 16.7 Å². The number of benzene rings is 2. The van der Waals surface area contributed by atoms with Crippen molar-refractivity contribution >= 4 is 5.91 Å². The van der Waals surface area contributed by atoms with Crippen molar-refractivity contribution in [1.82, 2.24) is 9.80 Å². The third-order valence-electron chi connectivity index (χ3n) is 6.72. The maximum atomic E-state index is 12.8. The Bertz CT molecular complexity index is 825. The number of fused-ring (bicyclic) bond motifs is 2. The number of carbonyl (C=O) groups excluding carboxylic acids is 1. The highest BCUT2D eigenvalue weighted by atomic mass is 16.3. The number of nitrogens with zero attached hydrogens (tertiary/aromatic N) is 2. The molecule has 0 spiro atoms. The van der Waals surface area contributed by atoms with Crippen LogP contribution in [-0.4, -0.2) is 51.6 Å². The molecule has 4 fully saturated rings. The lowest BCUT2D eigenvalue weighted by Crippen LogP contribution is -2.72. The summed E-state index contributed by atoms with van der Waals surface area (Å²) in [6.07, 6.45) is 3.59. The van der Waals surface area contributed by atoms with Crippen molar-refractivity contribution in [1.29, 1.82) is 0 Å².